The molecule has 6 nitrogen and oxygen atoms in total. The highest BCUT2D eigenvalue weighted by atomic mass is 16.5. The predicted molar refractivity (Wildman–Crippen MR) is 57.5 cm³/mol. The van der Waals surface area contributed by atoms with Crippen LogP contribution in [0.5, 0.6) is 0 Å². The number of carbonyl (C=O) groups is 2. The number of aliphatic carboxylic acids is 1. The molecule has 1 N–H and O–H groups in total. The third-order valence-electron chi connectivity index (χ3n) is 3.21. The van der Waals surface area contributed by atoms with E-state index in [4.69, 9.17) is 14.6 Å². The van der Waals surface area contributed by atoms with Crippen molar-refractivity contribution in [1.82, 2.24) is 4.90 Å². The van der Waals surface area contributed by atoms with Gasteiger partial charge in [0.25, 0.3) is 0 Å². The van der Waals surface area contributed by atoms with Gasteiger partial charge in [-0.3, -0.25) is 4.79 Å². The second kappa shape index (κ2) is 5.46. The molecule has 2 atom stereocenters. The zero-order valence-corrected chi connectivity index (χ0v) is 9.63. The molecule has 2 rings (SSSR count). The van der Waals surface area contributed by atoms with E-state index in [1.54, 1.807) is 0 Å². The maximum atomic E-state index is 12.2. The number of morpholine rings is 1. The first-order valence-electron chi connectivity index (χ1n) is 5.89. The fourth-order valence-corrected chi connectivity index (χ4v) is 2.24. The minimum Gasteiger partial charge on any atom is -0.480 e. The molecule has 0 bridgehead atoms. The van der Waals surface area contributed by atoms with Gasteiger partial charge in [-0.15, -0.1) is 0 Å². The molecule has 2 aliphatic rings. The molecule has 0 radical (unpaired) electrons. The number of hydrogen-bond acceptors (Lipinski definition) is 4. The fourth-order valence-electron chi connectivity index (χ4n) is 2.24. The Bertz CT molecular complexity index is 300. The van der Waals surface area contributed by atoms with Gasteiger partial charge in [-0.1, -0.05) is 0 Å². The van der Waals surface area contributed by atoms with Gasteiger partial charge in [0.15, 0.2) is 6.04 Å². The molecule has 2 heterocycles. The molecule has 0 spiro atoms. The van der Waals surface area contributed by atoms with Crippen LogP contribution in [0.1, 0.15) is 12.8 Å². The van der Waals surface area contributed by atoms with Crippen LogP contribution in [0.4, 0.5) is 0 Å². The Morgan fingerprint density at radius 3 is 2.59 bits per heavy atom. The lowest BCUT2D eigenvalue weighted by molar-refractivity contribution is -0.162. The summed E-state index contributed by atoms with van der Waals surface area (Å²) in [6.45, 7) is 1.93. The number of carboxylic acid groups (broad SMARTS) is 1. The molecule has 0 aromatic carbocycles. The van der Waals surface area contributed by atoms with Gasteiger partial charge >= 0.3 is 5.97 Å². The summed E-state index contributed by atoms with van der Waals surface area (Å²) in [5.74, 6) is -1.31. The molecule has 96 valence electrons. The summed E-state index contributed by atoms with van der Waals surface area (Å²) >= 11 is 0. The molecule has 6 heteroatoms. The molecule has 0 unspecified atom stereocenters. The van der Waals surface area contributed by atoms with Crippen LogP contribution in [-0.4, -0.2) is 60.9 Å². The molecule has 2 aliphatic heterocycles. The van der Waals surface area contributed by atoms with Gasteiger partial charge in [0, 0.05) is 13.2 Å². The van der Waals surface area contributed by atoms with Crippen molar-refractivity contribution in [2.75, 3.05) is 33.0 Å². The van der Waals surface area contributed by atoms with Crippen LogP contribution in [0.3, 0.4) is 0 Å². The summed E-state index contributed by atoms with van der Waals surface area (Å²) in [4.78, 5) is 24.7. The van der Waals surface area contributed by atoms with E-state index < -0.39 is 12.0 Å². The van der Waals surface area contributed by atoms with Crippen LogP contribution in [0.25, 0.3) is 0 Å². The molecule has 0 aromatic rings. The van der Waals surface area contributed by atoms with Crippen LogP contribution < -0.4 is 0 Å². The number of amides is 1. The summed E-state index contributed by atoms with van der Waals surface area (Å²) in [6.07, 6.45) is 1.64. The van der Waals surface area contributed by atoms with Crippen LogP contribution in [0, 0.1) is 5.92 Å². The molecular formula is C11H17NO5. The van der Waals surface area contributed by atoms with E-state index >= 15 is 0 Å². The molecule has 0 saturated carbocycles. The SMILES string of the molecule is O=C(O)[C@@H]1COCCN1C(=O)[C@H]1CCCOC1. The minimum absolute atomic E-state index is 0.0780. The summed E-state index contributed by atoms with van der Waals surface area (Å²) in [7, 11) is 0. The number of nitrogens with zero attached hydrogens (tertiary/aromatic N) is 1. The Labute approximate surface area is 99.5 Å². The second-order valence-electron chi connectivity index (χ2n) is 4.37. The molecule has 0 aromatic heterocycles. The van der Waals surface area contributed by atoms with E-state index in [0.717, 1.165) is 12.8 Å². The van der Waals surface area contributed by atoms with Crippen molar-refractivity contribution in [3.8, 4) is 0 Å². The van der Waals surface area contributed by atoms with E-state index in [0.29, 0.717) is 26.4 Å². The van der Waals surface area contributed by atoms with Gasteiger partial charge in [0.1, 0.15) is 0 Å². The smallest absolute Gasteiger partial charge is 0.328 e. The monoisotopic (exact) mass is 243 g/mol. The van der Waals surface area contributed by atoms with Crippen LogP contribution in [0.15, 0.2) is 0 Å². The van der Waals surface area contributed by atoms with Crippen molar-refractivity contribution >= 4 is 11.9 Å². The van der Waals surface area contributed by atoms with Gasteiger partial charge in [0.05, 0.1) is 25.7 Å². The summed E-state index contributed by atoms with van der Waals surface area (Å²) in [5.41, 5.74) is 0. The Balaban J connectivity index is 2.02. The number of hydrogen-bond donors (Lipinski definition) is 1. The van der Waals surface area contributed by atoms with Crippen LogP contribution in [0.2, 0.25) is 0 Å². The molecule has 17 heavy (non-hydrogen) atoms. The van der Waals surface area contributed by atoms with Gasteiger partial charge in [-0.2, -0.15) is 0 Å². The molecule has 2 fully saturated rings. The summed E-state index contributed by atoms with van der Waals surface area (Å²) in [6, 6.07) is -0.849. The van der Waals surface area contributed by atoms with Crippen molar-refractivity contribution in [1.29, 1.82) is 0 Å². The predicted octanol–water partition coefficient (Wildman–Crippen LogP) is -0.275. The molecule has 0 aliphatic carbocycles. The molecular weight excluding hydrogens is 226 g/mol. The lowest BCUT2D eigenvalue weighted by atomic mass is 9.99. The van der Waals surface area contributed by atoms with E-state index in [1.807, 2.05) is 0 Å². The number of rotatable bonds is 2. The highest BCUT2D eigenvalue weighted by Crippen LogP contribution is 2.19. The lowest BCUT2D eigenvalue weighted by Gasteiger charge is -2.36. The first kappa shape index (κ1) is 12.3. The minimum atomic E-state index is -1.00. The second-order valence-corrected chi connectivity index (χ2v) is 4.37. The largest absolute Gasteiger partial charge is 0.480 e. The van der Waals surface area contributed by atoms with Gasteiger partial charge in [-0.25, -0.2) is 4.79 Å². The van der Waals surface area contributed by atoms with Crippen molar-refractivity contribution in [2.24, 2.45) is 5.92 Å². The van der Waals surface area contributed by atoms with Crippen molar-refractivity contribution in [3.05, 3.63) is 0 Å². The third kappa shape index (κ3) is 2.76. The van der Waals surface area contributed by atoms with E-state index in [9.17, 15) is 9.59 Å². The Kier molecular flexibility index (Phi) is 3.96. The Hall–Kier alpha value is -1.14. The zero-order chi connectivity index (χ0) is 12.3. The van der Waals surface area contributed by atoms with Gasteiger partial charge < -0.3 is 19.5 Å². The molecule has 1 amide bonds. The van der Waals surface area contributed by atoms with Crippen molar-refractivity contribution < 1.29 is 24.2 Å². The third-order valence-corrected chi connectivity index (χ3v) is 3.21. The maximum absolute atomic E-state index is 12.2. The van der Waals surface area contributed by atoms with E-state index in [2.05, 4.69) is 0 Å². The molecule has 2 saturated heterocycles. The van der Waals surface area contributed by atoms with E-state index in [-0.39, 0.29) is 18.4 Å². The number of carbonyl (C=O) groups excluding carboxylic acids is 1. The zero-order valence-electron chi connectivity index (χ0n) is 9.63. The normalized spacial score (nSPS) is 30.0. The average molecular weight is 243 g/mol. The first-order valence-corrected chi connectivity index (χ1v) is 5.89. The maximum Gasteiger partial charge on any atom is 0.328 e. The van der Waals surface area contributed by atoms with Crippen molar-refractivity contribution in [3.63, 3.8) is 0 Å². The van der Waals surface area contributed by atoms with Crippen molar-refractivity contribution in [2.45, 2.75) is 18.9 Å². The first-order chi connectivity index (χ1) is 8.20. The highest BCUT2D eigenvalue weighted by molar-refractivity contribution is 5.85. The summed E-state index contributed by atoms with van der Waals surface area (Å²) < 4.78 is 10.4. The number of ether oxygens (including phenoxy) is 2. The number of carboxylic acids is 1. The topological polar surface area (TPSA) is 76.1 Å². The van der Waals surface area contributed by atoms with Gasteiger partial charge in [0.2, 0.25) is 5.91 Å². The van der Waals surface area contributed by atoms with Crippen LogP contribution >= 0.6 is 0 Å². The van der Waals surface area contributed by atoms with E-state index in [1.165, 1.54) is 4.90 Å². The Morgan fingerprint density at radius 1 is 1.18 bits per heavy atom. The van der Waals surface area contributed by atoms with Gasteiger partial charge in [-0.05, 0) is 12.8 Å². The van der Waals surface area contributed by atoms with Crippen LogP contribution in [-0.2, 0) is 19.1 Å². The fraction of sp³-hybridized carbons (Fsp3) is 0.818. The average Bonchev–Trinajstić information content (AvgIpc) is 2.39. The standard InChI is InChI=1S/C11H17NO5/c13-10(8-2-1-4-16-6-8)12-3-5-17-7-9(12)11(14)15/h8-9H,1-7H2,(H,14,15)/t8-,9-/m0/s1. The Morgan fingerprint density at radius 2 is 1.94 bits per heavy atom. The lowest BCUT2D eigenvalue weighted by Crippen LogP contribution is -2.55. The summed E-state index contributed by atoms with van der Waals surface area (Å²) in [5, 5.41) is 9.05. The highest BCUT2D eigenvalue weighted by Gasteiger charge is 2.36. The quantitative estimate of drug-likeness (QED) is 0.722.